The summed E-state index contributed by atoms with van der Waals surface area (Å²) in [5.41, 5.74) is 2.63. The lowest BCUT2D eigenvalue weighted by Crippen LogP contribution is -2.32. The number of nitrogens with one attached hydrogen (secondary N) is 1. The molecule has 4 heteroatoms. The fourth-order valence-electron chi connectivity index (χ4n) is 2.78. The minimum absolute atomic E-state index is 0.0264. The lowest BCUT2D eigenvalue weighted by molar-refractivity contribution is -0.117. The maximum Gasteiger partial charge on any atom is 0.253 e. The van der Waals surface area contributed by atoms with Gasteiger partial charge in [-0.3, -0.25) is 9.59 Å². The number of carbonyl (C=O) groups is 2. The molecular formula is C21H24N2O2. The minimum atomic E-state index is 0.0264. The van der Waals surface area contributed by atoms with E-state index in [1.165, 1.54) is 5.56 Å². The molecule has 1 N–H and O–H groups in total. The van der Waals surface area contributed by atoms with Gasteiger partial charge in [-0.2, -0.15) is 0 Å². The molecule has 0 unspecified atom stereocenters. The van der Waals surface area contributed by atoms with Crippen LogP contribution in [0.4, 0.5) is 5.69 Å². The molecule has 2 aromatic carbocycles. The summed E-state index contributed by atoms with van der Waals surface area (Å²) < 4.78 is 0. The fraction of sp³-hybridized carbons (Fsp3) is 0.333. The van der Waals surface area contributed by atoms with Gasteiger partial charge in [0, 0.05) is 30.3 Å². The van der Waals surface area contributed by atoms with Crippen LogP contribution in [0.1, 0.15) is 35.7 Å². The second-order valence-electron chi connectivity index (χ2n) is 6.46. The Balaban J connectivity index is 1.58. The van der Waals surface area contributed by atoms with E-state index in [0.29, 0.717) is 18.7 Å². The Hall–Kier alpha value is -2.62. The van der Waals surface area contributed by atoms with Gasteiger partial charge >= 0.3 is 0 Å². The van der Waals surface area contributed by atoms with Gasteiger partial charge in [-0.25, -0.2) is 0 Å². The molecule has 3 rings (SSSR count). The van der Waals surface area contributed by atoms with Gasteiger partial charge < -0.3 is 10.2 Å². The van der Waals surface area contributed by atoms with E-state index in [1.807, 2.05) is 30.0 Å². The summed E-state index contributed by atoms with van der Waals surface area (Å²) in [4.78, 5) is 26.3. The van der Waals surface area contributed by atoms with Crippen LogP contribution in [-0.4, -0.2) is 29.8 Å². The first-order valence-corrected chi connectivity index (χ1v) is 8.91. The Bertz CT molecular complexity index is 721. The lowest BCUT2D eigenvalue weighted by Gasteiger charge is -2.21. The number of hydrogen-bond donors (Lipinski definition) is 1. The maximum atomic E-state index is 12.7. The summed E-state index contributed by atoms with van der Waals surface area (Å²) in [6.07, 6.45) is 2.81. The standard InChI is InChI=1S/C21H24N2O2/c1-2-23(15-14-16-6-4-3-5-7-16)21(25)18-10-12-19(13-11-18)22-20(24)17-8-9-17/h3-7,10-13,17H,2,8-9,14-15H2,1H3,(H,22,24). The quantitative estimate of drug-likeness (QED) is 0.837. The van der Waals surface area contributed by atoms with Crippen molar-refractivity contribution in [1.82, 2.24) is 4.90 Å². The molecule has 0 saturated heterocycles. The van der Waals surface area contributed by atoms with Gasteiger partial charge in [0.15, 0.2) is 0 Å². The summed E-state index contributed by atoms with van der Waals surface area (Å²) in [6.45, 7) is 3.36. The fourth-order valence-corrected chi connectivity index (χ4v) is 2.78. The molecule has 0 bridgehead atoms. The molecule has 1 aliphatic rings. The first-order valence-electron chi connectivity index (χ1n) is 8.91. The van der Waals surface area contributed by atoms with Crippen molar-refractivity contribution in [3.8, 4) is 0 Å². The molecule has 4 nitrogen and oxygen atoms in total. The number of carbonyl (C=O) groups excluding carboxylic acids is 2. The highest BCUT2D eigenvalue weighted by Gasteiger charge is 2.29. The van der Waals surface area contributed by atoms with E-state index in [0.717, 1.165) is 24.9 Å². The Kier molecular flexibility index (Phi) is 5.49. The SMILES string of the molecule is CCN(CCc1ccccc1)C(=O)c1ccc(NC(=O)C2CC2)cc1. The average Bonchev–Trinajstić information content (AvgIpc) is 3.49. The third kappa shape index (κ3) is 4.69. The van der Waals surface area contributed by atoms with Gasteiger partial charge in [0.05, 0.1) is 0 Å². The molecule has 2 amide bonds. The molecule has 130 valence electrons. The van der Waals surface area contributed by atoms with E-state index in [-0.39, 0.29) is 17.7 Å². The van der Waals surface area contributed by atoms with Crippen molar-refractivity contribution >= 4 is 17.5 Å². The van der Waals surface area contributed by atoms with Crippen LogP contribution in [0, 0.1) is 5.92 Å². The van der Waals surface area contributed by atoms with Crippen molar-refractivity contribution in [2.75, 3.05) is 18.4 Å². The Morgan fingerprint density at radius 3 is 2.32 bits per heavy atom. The van der Waals surface area contributed by atoms with Gasteiger partial charge in [-0.15, -0.1) is 0 Å². The number of hydrogen-bond acceptors (Lipinski definition) is 2. The third-order valence-electron chi connectivity index (χ3n) is 4.53. The summed E-state index contributed by atoms with van der Waals surface area (Å²) in [7, 11) is 0. The molecule has 1 saturated carbocycles. The zero-order chi connectivity index (χ0) is 17.6. The molecule has 25 heavy (non-hydrogen) atoms. The summed E-state index contributed by atoms with van der Waals surface area (Å²) >= 11 is 0. The highest BCUT2D eigenvalue weighted by atomic mass is 16.2. The van der Waals surface area contributed by atoms with E-state index in [2.05, 4.69) is 17.4 Å². The number of amides is 2. The van der Waals surface area contributed by atoms with E-state index in [1.54, 1.807) is 24.3 Å². The first-order chi connectivity index (χ1) is 12.2. The summed E-state index contributed by atoms with van der Waals surface area (Å²) in [5.74, 6) is 0.283. The van der Waals surface area contributed by atoms with Crippen LogP contribution in [0.25, 0.3) is 0 Å². The number of rotatable bonds is 7. The van der Waals surface area contributed by atoms with Crippen LogP contribution in [-0.2, 0) is 11.2 Å². The number of anilines is 1. The van der Waals surface area contributed by atoms with Gasteiger partial charge in [0.1, 0.15) is 0 Å². The number of benzene rings is 2. The predicted octanol–water partition coefficient (Wildman–Crippen LogP) is 3.74. The van der Waals surface area contributed by atoms with E-state index < -0.39 is 0 Å². The Morgan fingerprint density at radius 1 is 1.04 bits per heavy atom. The third-order valence-corrected chi connectivity index (χ3v) is 4.53. The first kappa shape index (κ1) is 17.2. The van der Waals surface area contributed by atoms with E-state index in [4.69, 9.17) is 0 Å². The molecule has 0 aliphatic heterocycles. The molecule has 2 aromatic rings. The van der Waals surface area contributed by atoms with E-state index >= 15 is 0 Å². The maximum absolute atomic E-state index is 12.7. The van der Waals surface area contributed by atoms with Gasteiger partial charge in [0.2, 0.25) is 5.91 Å². The van der Waals surface area contributed by atoms with Crippen molar-refractivity contribution < 1.29 is 9.59 Å². The average molecular weight is 336 g/mol. The minimum Gasteiger partial charge on any atom is -0.339 e. The van der Waals surface area contributed by atoms with Crippen molar-refractivity contribution in [2.24, 2.45) is 5.92 Å². The lowest BCUT2D eigenvalue weighted by atomic mass is 10.1. The van der Waals surface area contributed by atoms with Gasteiger partial charge in [-0.1, -0.05) is 30.3 Å². The summed E-state index contributed by atoms with van der Waals surface area (Å²) in [5, 5.41) is 2.90. The largest absolute Gasteiger partial charge is 0.339 e. The normalized spacial score (nSPS) is 13.3. The van der Waals surface area contributed by atoms with Gasteiger partial charge in [-0.05, 0) is 56.0 Å². The monoisotopic (exact) mass is 336 g/mol. The number of nitrogens with zero attached hydrogens (tertiary/aromatic N) is 1. The van der Waals surface area contributed by atoms with Crippen LogP contribution < -0.4 is 5.32 Å². The van der Waals surface area contributed by atoms with Crippen LogP contribution in [0.5, 0.6) is 0 Å². The van der Waals surface area contributed by atoms with Crippen molar-refractivity contribution in [3.63, 3.8) is 0 Å². The molecule has 0 aromatic heterocycles. The van der Waals surface area contributed by atoms with Crippen LogP contribution in [0.2, 0.25) is 0 Å². The van der Waals surface area contributed by atoms with Crippen LogP contribution in [0.3, 0.4) is 0 Å². The Morgan fingerprint density at radius 2 is 1.72 bits per heavy atom. The molecule has 0 spiro atoms. The van der Waals surface area contributed by atoms with Crippen molar-refractivity contribution in [1.29, 1.82) is 0 Å². The molecule has 0 heterocycles. The van der Waals surface area contributed by atoms with Crippen LogP contribution in [0.15, 0.2) is 54.6 Å². The zero-order valence-electron chi connectivity index (χ0n) is 14.6. The molecule has 1 fully saturated rings. The molecule has 0 atom stereocenters. The topological polar surface area (TPSA) is 49.4 Å². The van der Waals surface area contributed by atoms with Crippen LogP contribution >= 0.6 is 0 Å². The van der Waals surface area contributed by atoms with Crippen molar-refractivity contribution in [3.05, 3.63) is 65.7 Å². The number of likely N-dealkylation sites (N-methyl/N-ethyl adjacent to an activating group) is 1. The smallest absolute Gasteiger partial charge is 0.253 e. The second kappa shape index (κ2) is 7.97. The highest BCUT2D eigenvalue weighted by molar-refractivity contribution is 5.96. The zero-order valence-corrected chi connectivity index (χ0v) is 14.6. The highest BCUT2D eigenvalue weighted by Crippen LogP contribution is 2.30. The molecule has 1 aliphatic carbocycles. The summed E-state index contributed by atoms with van der Waals surface area (Å²) in [6, 6.07) is 17.4. The second-order valence-corrected chi connectivity index (χ2v) is 6.46. The predicted molar refractivity (Wildman–Crippen MR) is 99.5 cm³/mol. The van der Waals surface area contributed by atoms with Crippen molar-refractivity contribution in [2.45, 2.75) is 26.2 Å². The Labute approximate surface area is 148 Å². The molecular weight excluding hydrogens is 312 g/mol. The van der Waals surface area contributed by atoms with Gasteiger partial charge in [0.25, 0.3) is 5.91 Å². The van der Waals surface area contributed by atoms with E-state index in [9.17, 15) is 9.59 Å². The molecule has 0 radical (unpaired) electrons.